The van der Waals surface area contributed by atoms with Crippen LogP contribution in [0.2, 0.25) is 0 Å². The first-order valence-electron chi connectivity index (χ1n) is 12.3. The summed E-state index contributed by atoms with van der Waals surface area (Å²) in [6, 6.07) is 6.13. The van der Waals surface area contributed by atoms with Crippen molar-refractivity contribution in [3.8, 4) is 0 Å². The van der Waals surface area contributed by atoms with Crippen LogP contribution in [0.3, 0.4) is 0 Å². The van der Waals surface area contributed by atoms with Gasteiger partial charge >= 0.3 is 6.09 Å². The number of rotatable bonds is 3. The third-order valence-corrected chi connectivity index (χ3v) is 7.78. The molecule has 190 valence electrons. The number of guanidine groups is 1. The minimum Gasteiger partial charge on any atom is -0.444 e. The number of likely N-dealkylation sites (N-methyl/N-ethyl adjacent to an activating group) is 1. The van der Waals surface area contributed by atoms with Gasteiger partial charge < -0.3 is 9.47 Å². The van der Waals surface area contributed by atoms with E-state index in [2.05, 4.69) is 47.2 Å². The van der Waals surface area contributed by atoms with E-state index in [1.807, 2.05) is 12.1 Å². The van der Waals surface area contributed by atoms with Gasteiger partial charge in [0.2, 0.25) is 5.96 Å². The molecule has 4 rings (SSSR count). The van der Waals surface area contributed by atoms with Crippen LogP contribution in [0, 0.1) is 5.41 Å². The predicted molar refractivity (Wildman–Crippen MR) is 139 cm³/mol. The summed E-state index contributed by atoms with van der Waals surface area (Å²) in [7, 11) is 1.67. The standard InChI is InChI=1S/C27H36BrN3O4/c1-17(2)11-14-34-20-9-12-26(13-10-20)16-18-7-8-19(28)15-21(18)27(26)22(32)31(6)23(30-27)29-24(33)35-25(3,4)5/h7-8,11,15,20H,9-10,12-14,16H2,1-6H3,(H,29,30,33). The number of alkyl carbamates (subject to hydrolysis) is 1. The third-order valence-electron chi connectivity index (χ3n) is 7.29. The second kappa shape index (κ2) is 9.36. The van der Waals surface area contributed by atoms with Gasteiger partial charge in [0, 0.05) is 16.9 Å². The van der Waals surface area contributed by atoms with E-state index in [0.29, 0.717) is 6.61 Å². The number of allylic oxidation sites excluding steroid dienone is 1. The van der Waals surface area contributed by atoms with Crippen molar-refractivity contribution in [2.45, 2.75) is 84.0 Å². The van der Waals surface area contributed by atoms with Crippen molar-refractivity contribution in [3.05, 3.63) is 45.4 Å². The van der Waals surface area contributed by atoms with Crippen LogP contribution in [0.4, 0.5) is 4.79 Å². The van der Waals surface area contributed by atoms with Crippen LogP contribution in [0.1, 0.15) is 71.4 Å². The number of carbonyl (C=O) groups is 2. The molecule has 0 bridgehead atoms. The molecular weight excluding hydrogens is 510 g/mol. The maximum absolute atomic E-state index is 14.0. The van der Waals surface area contributed by atoms with Crippen molar-refractivity contribution in [2.75, 3.05) is 13.7 Å². The van der Waals surface area contributed by atoms with Gasteiger partial charge in [-0.25, -0.2) is 9.79 Å². The molecule has 1 heterocycles. The second-order valence-electron chi connectivity index (χ2n) is 11.2. The summed E-state index contributed by atoms with van der Waals surface area (Å²) >= 11 is 3.59. The van der Waals surface area contributed by atoms with Crippen LogP contribution >= 0.6 is 15.9 Å². The maximum atomic E-state index is 14.0. The topological polar surface area (TPSA) is 80.2 Å². The highest BCUT2D eigenvalue weighted by Gasteiger charge is 2.66. The van der Waals surface area contributed by atoms with Gasteiger partial charge in [-0.15, -0.1) is 0 Å². The Kier molecular flexibility index (Phi) is 6.92. The number of benzene rings is 1. The Morgan fingerprint density at radius 3 is 2.60 bits per heavy atom. The molecule has 3 aliphatic rings. The molecule has 2 spiro atoms. The number of carbonyl (C=O) groups excluding carboxylic acids is 2. The Bertz CT molecular complexity index is 1080. The summed E-state index contributed by atoms with van der Waals surface area (Å²) in [5, 5.41) is 2.73. The highest BCUT2D eigenvalue weighted by atomic mass is 79.9. The van der Waals surface area contributed by atoms with Gasteiger partial charge in [-0.05, 0) is 90.0 Å². The minimum absolute atomic E-state index is 0.107. The Labute approximate surface area is 216 Å². The molecule has 1 aromatic rings. The fourth-order valence-electron chi connectivity index (χ4n) is 5.67. The van der Waals surface area contributed by atoms with Crippen LogP contribution in [0.15, 0.2) is 39.3 Å². The van der Waals surface area contributed by atoms with Crippen LogP contribution in [-0.2, 0) is 26.2 Å². The number of ether oxygens (including phenoxy) is 2. The van der Waals surface area contributed by atoms with Crippen LogP contribution in [0.25, 0.3) is 0 Å². The van der Waals surface area contributed by atoms with Crippen molar-refractivity contribution >= 4 is 33.9 Å². The molecule has 1 atom stereocenters. The first-order valence-corrected chi connectivity index (χ1v) is 13.1. The van der Waals surface area contributed by atoms with Crippen LogP contribution in [-0.4, -0.2) is 48.2 Å². The lowest BCUT2D eigenvalue weighted by Gasteiger charge is -2.45. The zero-order valence-electron chi connectivity index (χ0n) is 21.5. The van der Waals surface area contributed by atoms with E-state index in [4.69, 9.17) is 14.5 Å². The Balaban J connectivity index is 1.68. The molecule has 7 nitrogen and oxygen atoms in total. The summed E-state index contributed by atoms with van der Waals surface area (Å²) in [6.07, 6.45) is 5.81. The normalized spacial score (nSPS) is 27.7. The molecule has 0 radical (unpaired) electrons. The summed E-state index contributed by atoms with van der Waals surface area (Å²) in [5.74, 6) is 0.128. The van der Waals surface area contributed by atoms with Gasteiger partial charge in [-0.1, -0.05) is 33.6 Å². The molecule has 8 heteroatoms. The number of aliphatic imine (C=N–C) groups is 1. The summed E-state index contributed by atoms with van der Waals surface area (Å²) in [6.45, 7) is 10.2. The van der Waals surface area contributed by atoms with Gasteiger partial charge in [0.1, 0.15) is 5.60 Å². The van der Waals surface area contributed by atoms with E-state index < -0.39 is 17.2 Å². The molecule has 0 aromatic heterocycles. The van der Waals surface area contributed by atoms with Crippen LogP contribution in [0.5, 0.6) is 0 Å². The molecule has 2 aliphatic carbocycles. The van der Waals surface area contributed by atoms with Gasteiger partial charge in [0.15, 0.2) is 5.54 Å². The Hall–Kier alpha value is -2.19. The maximum Gasteiger partial charge on any atom is 0.414 e. The van der Waals surface area contributed by atoms with E-state index in [9.17, 15) is 9.59 Å². The van der Waals surface area contributed by atoms with E-state index in [1.165, 1.54) is 10.5 Å². The summed E-state index contributed by atoms with van der Waals surface area (Å²) < 4.78 is 12.5. The largest absolute Gasteiger partial charge is 0.444 e. The van der Waals surface area contributed by atoms with E-state index in [-0.39, 0.29) is 23.4 Å². The van der Waals surface area contributed by atoms with E-state index in [1.54, 1.807) is 27.8 Å². The van der Waals surface area contributed by atoms with Crippen molar-refractivity contribution < 1.29 is 19.1 Å². The minimum atomic E-state index is -1.07. The molecule has 1 fully saturated rings. The number of amides is 2. The average molecular weight is 547 g/mol. The Morgan fingerprint density at radius 1 is 1.29 bits per heavy atom. The van der Waals surface area contributed by atoms with Crippen molar-refractivity contribution in [1.82, 2.24) is 10.2 Å². The quantitative estimate of drug-likeness (QED) is 0.511. The van der Waals surface area contributed by atoms with Crippen molar-refractivity contribution in [2.24, 2.45) is 10.4 Å². The smallest absolute Gasteiger partial charge is 0.414 e. The fraction of sp³-hybridized carbons (Fsp3) is 0.593. The monoisotopic (exact) mass is 545 g/mol. The predicted octanol–water partition coefficient (Wildman–Crippen LogP) is 5.47. The number of hydrogen-bond donors (Lipinski definition) is 1. The summed E-state index contributed by atoms with van der Waals surface area (Å²) in [5.41, 5.74) is 1.21. The highest BCUT2D eigenvalue weighted by Crippen LogP contribution is 2.62. The van der Waals surface area contributed by atoms with Crippen molar-refractivity contribution in [1.29, 1.82) is 0 Å². The molecule has 1 unspecified atom stereocenters. The molecule has 1 N–H and O–H groups in total. The Morgan fingerprint density at radius 2 is 1.97 bits per heavy atom. The van der Waals surface area contributed by atoms with E-state index in [0.717, 1.165) is 47.7 Å². The van der Waals surface area contributed by atoms with Gasteiger partial charge in [-0.2, -0.15) is 0 Å². The molecule has 35 heavy (non-hydrogen) atoms. The first-order chi connectivity index (χ1) is 16.4. The number of fused-ring (bicyclic) bond motifs is 3. The zero-order chi connectivity index (χ0) is 25.6. The van der Waals surface area contributed by atoms with Crippen molar-refractivity contribution in [3.63, 3.8) is 0 Å². The molecule has 1 saturated carbocycles. The lowest BCUT2D eigenvalue weighted by molar-refractivity contribution is -0.137. The van der Waals surface area contributed by atoms with Gasteiger partial charge in [0.05, 0.1) is 12.7 Å². The molecule has 0 saturated heterocycles. The average Bonchev–Trinajstić information content (AvgIpc) is 3.15. The number of nitrogens with zero attached hydrogens (tertiary/aromatic N) is 2. The molecule has 1 aromatic carbocycles. The third kappa shape index (κ3) is 4.79. The van der Waals surface area contributed by atoms with E-state index >= 15 is 0 Å². The number of nitrogens with one attached hydrogen (secondary N) is 1. The molecule has 2 amide bonds. The SMILES string of the molecule is CC(C)=CCOC1CCC2(CC1)Cc1ccc(Br)cc1C21N=C(NC(=O)OC(C)(C)C)N(C)C1=O. The number of hydrogen-bond acceptors (Lipinski definition) is 5. The molecular formula is C27H36BrN3O4. The van der Waals surface area contributed by atoms with Gasteiger partial charge in [0.25, 0.3) is 5.91 Å². The van der Waals surface area contributed by atoms with Crippen LogP contribution < -0.4 is 5.32 Å². The lowest BCUT2D eigenvalue weighted by atomic mass is 9.61. The fourth-order valence-corrected chi connectivity index (χ4v) is 6.03. The summed E-state index contributed by atoms with van der Waals surface area (Å²) in [4.78, 5) is 33.1. The van der Waals surface area contributed by atoms with Gasteiger partial charge in [-0.3, -0.25) is 15.0 Å². The number of halogens is 1. The molecule has 1 aliphatic heterocycles. The highest BCUT2D eigenvalue weighted by molar-refractivity contribution is 9.10. The first kappa shape index (κ1) is 25.9. The second-order valence-corrected chi connectivity index (χ2v) is 12.1. The lowest BCUT2D eigenvalue weighted by Crippen LogP contribution is -2.51. The zero-order valence-corrected chi connectivity index (χ0v) is 23.1.